The van der Waals surface area contributed by atoms with Crippen LogP contribution < -0.4 is 9.80 Å². The van der Waals surface area contributed by atoms with Crippen molar-refractivity contribution >= 4 is 34.1 Å². The van der Waals surface area contributed by atoms with Crippen LogP contribution in [-0.2, 0) is 36.5 Å². The van der Waals surface area contributed by atoms with Crippen molar-refractivity contribution in [3.05, 3.63) is 287 Å². The lowest BCUT2D eigenvalue weighted by Gasteiger charge is -2.29. The normalized spacial score (nSPS) is 12.3. The molecule has 0 fully saturated rings. The second kappa shape index (κ2) is 34.3. The second-order valence-corrected chi connectivity index (χ2v) is 31.3. The molecule has 526 valence electrons. The molecule has 0 aromatic heterocycles. The van der Waals surface area contributed by atoms with E-state index in [0.717, 1.165) is 85.5 Å². The predicted octanol–water partition coefficient (Wildman–Crippen LogP) is 30.0. The first-order valence-electron chi connectivity index (χ1n) is 39.2. The SMILES string of the molecule is CCCCCCc1cc(-c2ccc(N(c3ccc(-c4ccc(CC(C)C)cc4)cc3)c3ccc(-c4ccc(C(C)(CC)CCC)cc4)cc3)cc2C)c(CCCCCC)cc1-c1ccc(N(c2ccc(-c3ccc(CC(C)C)cc3)cc2)c2ccc(-c3ccc(C(C)(C)CC)cc3)cc2)cc1C. The van der Waals surface area contributed by atoms with Crippen LogP contribution in [0, 0.1) is 25.7 Å². The fourth-order valence-electron chi connectivity index (χ4n) is 15.4. The van der Waals surface area contributed by atoms with Crippen LogP contribution in [0.3, 0.4) is 0 Å². The molecule has 0 aliphatic heterocycles. The smallest absolute Gasteiger partial charge is 0.0464 e. The summed E-state index contributed by atoms with van der Waals surface area (Å²) < 4.78 is 0. The molecule has 0 radical (unpaired) electrons. The number of nitrogens with zero attached hydrogens (tertiary/aromatic N) is 2. The van der Waals surface area contributed by atoms with Gasteiger partial charge in [0.2, 0.25) is 0 Å². The number of anilines is 6. The van der Waals surface area contributed by atoms with Crippen LogP contribution in [-0.4, -0.2) is 0 Å². The Morgan fingerprint density at radius 1 is 0.294 bits per heavy atom. The Balaban J connectivity index is 0.972. The van der Waals surface area contributed by atoms with E-state index >= 15 is 0 Å². The molecule has 0 bridgehead atoms. The van der Waals surface area contributed by atoms with E-state index in [2.05, 4.69) is 349 Å². The van der Waals surface area contributed by atoms with E-state index < -0.39 is 0 Å². The molecule has 11 aromatic carbocycles. The lowest BCUT2D eigenvalue weighted by atomic mass is 9.76. The van der Waals surface area contributed by atoms with Gasteiger partial charge in [0.25, 0.3) is 0 Å². The number of rotatable bonds is 32. The van der Waals surface area contributed by atoms with Crippen LogP contribution >= 0.6 is 0 Å². The van der Waals surface area contributed by atoms with Crippen LogP contribution in [0.4, 0.5) is 34.1 Å². The lowest BCUT2D eigenvalue weighted by Crippen LogP contribution is -2.20. The van der Waals surface area contributed by atoms with Gasteiger partial charge in [0.05, 0.1) is 0 Å². The van der Waals surface area contributed by atoms with E-state index in [-0.39, 0.29) is 10.8 Å². The summed E-state index contributed by atoms with van der Waals surface area (Å²) in [5.41, 5.74) is 33.5. The number of hydrogen-bond donors (Lipinski definition) is 0. The summed E-state index contributed by atoms with van der Waals surface area (Å²) in [6.45, 7) is 32.5. The Bertz CT molecular complexity index is 4450. The van der Waals surface area contributed by atoms with Crippen molar-refractivity contribution in [1.29, 1.82) is 0 Å². The molecule has 0 N–H and O–H groups in total. The van der Waals surface area contributed by atoms with Crippen LogP contribution in [0.5, 0.6) is 0 Å². The minimum Gasteiger partial charge on any atom is -0.310 e. The third kappa shape index (κ3) is 17.9. The van der Waals surface area contributed by atoms with E-state index in [1.807, 2.05) is 0 Å². The number of benzene rings is 11. The molecule has 0 heterocycles. The first-order chi connectivity index (χ1) is 49.4. The highest BCUT2D eigenvalue weighted by molar-refractivity contribution is 5.87. The molecule has 0 amide bonds. The zero-order chi connectivity index (χ0) is 71.9. The Morgan fingerprint density at radius 2 is 0.598 bits per heavy atom. The average Bonchev–Trinajstić information content (AvgIpc) is 0.766. The van der Waals surface area contributed by atoms with Gasteiger partial charge in [0.15, 0.2) is 0 Å². The highest BCUT2D eigenvalue weighted by Gasteiger charge is 2.25. The Hall–Kier alpha value is -8.98. The zero-order valence-corrected chi connectivity index (χ0v) is 64.5. The van der Waals surface area contributed by atoms with E-state index in [4.69, 9.17) is 0 Å². The van der Waals surface area contributed by atoms with Gasteiger partial charge < -0.3 is 9.80 Å². The molecule has 0 aliphatic rings. The molecule has 11 aromatic rings. The van der Waals surface area contributed by atoms with Gasteiger partial charge in [-0.15, -0.1) is 0 Å². The monoisotopic (exact) mass is 1340 g/mol. The third-order valence-electron chi connectivity index (χ3n) is 22.2. The van der Waals surface area contributed by atoms with E-state index in [0.29, 0.717) is 11.8 Å². The summed E-state index contributed by atoms with van der Waals surface area (Å²) in [5, 5.41) is 0. The van der Waals surface area contributed by atoms with Crippen molar-refractivity contribution in [2.24, 2.45) is 11.8 Å². The van der Waals surface area contributed by atoms with Crippen molar-refractivity contribution in [2.45, 2.75) is 210 Å². The van der Waals surface area contributed by atoms with Crippen LogP contribution in [0.2, 0.25) is 0 Å². The molecule has 1 atom stereocenters. The summed E-state index contributed by atoms with van der Waals surface area (Å²) in [7, 11) is 0. The van der Waals surface area contributed by atoms with Gasteiger partial charge in [-0.05, 0) is 278 Å². The molecular formula is C100H116N2. The van der Waals surface area contributed by atoms with Gasteiger partial charge in [0.1, 0.15) is 0 Å². The fourth-order valence-corrected chi connectivity index (χ4v) is 15.4. The van der Waals surface area contributed by atoms with Gasteiger partial charge in [-0.1, -0.05) is 298 Å². The molecule has 0 saturated carbocycles. The van der Waals surface area contributed by atoms with E-state index in [9.17, 15) is 0 Å². The minimum atomic E-state index is 0.142. The summed E-state index contributed by atoms with van der Waals surface area (Å²) in [4.78, 5) is 4.92. The van der Waals surface area contributed by atoms with E-state index in [1.54, 1.807) is 0 Å². The van der Waals surface area contributed by atoms with Crippen molar-refractivity contribution in [3.8, 4) is 66.8 Å². The first kappa shape index (κ1) is 74.2. The highest BCUT2D eigenvalue weighted by Crippen LogP contribution is 2.45. The maximum absolute atomic E-state index is 2.63. The quantitative estimate of drug-likeness (QED) is 0.0388. The molecule has 0 spiro atoms. The fraction of sp³-hybridized carbons (Fsp3) is 0.340. The largest absolute Gasteiger partial charge is 0.310 e. The van der Waals surface area contributed by atoms with Gasteiger partial charge in [-0.2, -0.15) is 0 Å². The summed E-state index contributed by atoms with van der Waals surface area (Å²) in [6, 6.07) is 93.8. The molecule has 11 rings (SSSR count). The van der Waals surface area contributed by atoms with Crippen molar-refractivity contribution in [1.82, 2.24) is 0 Å². The van der Waals surface area contributed by atoms with Gasteiger partial charge >= 0.3 is 0 Å². The Labute approximate surface area is 616 Å². The maximum Gasteiger partial charge on any atom is 0.0464 e. The first-order valence-corrected chi connectivity index (χ1v) is 39.2. The van der Waals surface area contributed by atoms with Crippen LogP contribution in [0.1, 0.15) is 205 Å². The number of aryl methyl sites for hydroxylation is 4. The van der Waals surface area contributed by atoms with Gasteiger partial charge in [-0.25, -0.2) is 0 Å². The molecule has 2 nitrogen and oxygen atoms in total. The van der Waals surface area contributed by atoms with Gasteiger partial charge in [-0.3, -0.25) is 0 Å². The molecule has 0 aliphatic carbocycles. The Kier molecular flexibility index (Phi) is 25.0. The van der Waals surface area contributed by atoms with Crippen LogP contribution in [0.25, 0.3) is 66.8 Å². The molecule has 1 unspecified atom stereocenters. The molecule has 2 heteroatoms. The Morgan fingerprint density at radius 3 is 0.882 bits per heavy atom. The van der Waals surface area contributed by atoms with Crippen molar-refractivity contribution in [2.75, 3.05) is 9.80 Å². The lowest BCUT2D eigenvalue weighted by molar-refractivity contribution is 0.414. The highest BCUT2D eigenvalue weighted by atomic mass is 15.1. The number of unbranched alkanes of at least 4 members (excludes halogenated alkanes) is 6. The second-order valence-electron chi connectivity index (χ2n) is 31.3. The topological polar surface area (TPSA) is 6.48 Å². The number of hydrogen-bond acceptors (Lipinski definition) is 2. The molecule has 0 saturated heterocycles. The summed E-state index contributed by atoms with van der Waals surface area (Å²) in [6.07, 6.45) is 18.5. The molecular weight excluding hydrogens is 1230 g/mol. The zero-order valence-electron chi connectivity index (χ0n) is 64.5. The minimum absolute atomic E-state index is 0.142. The summed E-state index contributed by atoms with van der Waals surface area (Å²) >= 11 is 0. The maximum atomic E-state index is 2.63. The third-order valence-corrected chi connectivity index (χ3v) is 22.2. The van der Waals surface area contributed by atoms with Crippen molar-refractivity contribution < 1.29 is 0 Å². The standard InChI is InChI=1S/C100H116N2/c1-15-20-22-24-26-85-70-98(96-63-61-94(68-74(96)11)102(90-54-42-82(43-55-90)78-34-30-76(31-35-78)66-72(8)9)92-58-46-84(47-59-92)80-38-50-88(51-39-80)100(14,19-5)64-17-3)86(27-25-23-21-16-2)69-97(85)95-62-60-93(67-73(95)10)101(89-52-40-81(41-53-89)77-32-28-75(29-33-77)65-71(6)7)91-56-44-83(45-57-91)79-36-48-87(49-37-79)99(12,13)18-4/h28-63,67-72H,15-27,64-66H2,1-14H3. The molecule has 102 heavy (non-hydrogen) atoms. The van der Waals surface area contributed by atoms with E-state index in [1.165, 1.54) is 163 Å². The van der Waals surface area contributed by atoms with Crippen molar-refractivity contribution in [3.63, 3.8) is 0 Å². The average molecular weight is 1350 g/mol. The summed E-state index contributed by atoms with van der Waals surface area (Å²) in [5.74, 6) is 1.25. The predicted molar refractivity (Wildman–Crippen MR) is 447 cm³/mol. The van der Waals surface area contributed by atoms with Gasteiger partial charge in [0, 0.05) is 34.1 Å². The van der Waals surface area contributed by atoms with Crippen LogP contribution in [0.15, 0.2) is 243 Å².